The smallest absolute Gasteiger partial charge is 0.0522 e. The van der Waals surface area contributed by atoms with E-state index in [1.54, 1.807) is 4.68 Å². The highest BCUT2D eigenvalue weighted by atomic mass is 79.9. The lowest BCUT2D eigenvalue weighted by molar-refractivity contribution is 0.720. The number of nitrogens with two attached hydrogens (primary N) is 1. The number of benzene rings is 2. The van der Waals surface area contributed by atoms with E-state index >= 15 is 0 Å². The minimum Gasteiger partial charge on any atom is -0.324 e. The van der Waals surface area contributed by atoms with Crippen LogP contribution in [0.2, 0.25) is 0 Å². The number of hydrogen-bond donors (Lipinski definition) is 1. The van der Waals surface area contributed by atoms with E-state index in [-0.39, 0.29) is 6.04 Å². The van der Waals surface area contributed by atoms with E-state index in [1.807, 2.05) is 19.4 Å². The number of hydrogen-bond acceptors (Lipinski definition) is 2. The second-order valence-corrected chi connectivity index (χ2v) is 6.00. The zero-order valence-corrected chi connectivity index (χ0v) is 12.8. The number of rotatable bonds is 3. The molecule has 2 N–H and O–H groups in total. The maximum absolute atomic E-state index is 6.31. The lowest BCUT2D eigenvalue weighted by Crippen LogP contribution is -2.12. The maximum Gasteiger partial charge on any atom is 0.0522 e. The summed E-state index contributed by atoms with van der Waals surface area (Å²) >= 11 is 3.49. The molecular weight excluding hydrogens is 314 g/mol. The summed E-state index contributed by atoms with van der Waals surface area (Å²) < 4.78 is 2.90. The van der Waals surface area contributed by atoms with Crippen molar-refractivity contribution in [2.45, 2.75) is 12.5 Å². The molecule has 2 aromatic carbocycles. The average Bonchev–Trinajstić information content (AvgIpc) is 2.83. The molecule has 1 unspecified atom stereocenters. The molecule has 0 saturated carbocycles. The molecule has 1 heterocycles. The third-order valence-electron chi connectivity index (χ3n) is 3.47. The van der Waals surface area contributed by atoms with Gasteiger partial charge < -0.3 is 5.73 Å². The predicted octanol–water partition coefficient (Wildman–Crippen LogP) is 3.58. The Morgan fingerprint density at radius 1 is 1.20 bits per heavy atom. The highest BCUT2D eigenvalue weighted by Crippen LogP contribution is 2.24. The van der Waals surface area contributed by atoms with Crippen LogP contribution >= 0.6 is 15.9 Å². The van der Waals surface area contributed by atoms with Crippen LogP contribution in [0.4, 0.5) is 0 Å². The Kier molecular flexibility index (Phi) is 3.59. The van der Waals surface area contributed by atoms with Crippen molar-refractivity contribution >= 4 is 26.7 Å². The van der Waals surface area contributed by atoms with E-state index in [0.29, 0.717) is 0 Å². The fraction of sp³-hybridized carbons (Fsp3) is 0.188. The summed E-state index contributed by atoms with van der Waals surface area (Å²) in [5.74, 6) is 0. The van der Waals surface area contributed by atoms with E-state index in [4.69, 9.17) is 5.73 Å². The Bertz CT molecular complexity index is 748. The van der Waals surface area contributed by atoms with Gasteiger partial charge in [0.15, 0.2) is 0 Å². The topological polar surface area (TPSA) is 43.8 Å². The van der Waals surface area contributed by atoms with Crippen LogP contribution in [-0.2, 0) is 13.5 Å². The first-order valence-corrected chi connectivity index (χ1v) is 7.33. The number of aromatic nitrogens is 2. The summed E-state index contributed by atoms with van der Waals surface area (Å²) in [5, 5.41) is 6.61. The van der Waals surface area contributed by atoms with Crippen molar-refractivity contribution in [2.75, 3.05) is 0 Å². The van der Waals surface area contributed by atoms with Crippen LogP contribution in [0, 0.1) is 0 Å². The Morgan fingerprint density at radius 2 is 1.95 bits per heavy atom. The molecule has 0 saturated heterocycles. The van der Waals surface area contributed by atoms with Gasteiger partial charge in [0.1, 0.15) is 0 Å². The molecule has 0 radical (unpaired) electrons. The molecule has 4 heteroatoms. The second kappa shape index (κ2) is 5.38. The molecule has 0 aliphatic rings. The summed E-state index contributed by atoms with van der Waals surface area (Å²) in [4.78, 5) is 0. The van der Waals surface area contributed by atoms with Crippen LogP contribution in [0.3, 0.4) is 0 Å². The van der Waals surface area contributed by atoms with Crippen LogP contribution in [0.5, 0.6) is 0 Å². The zero-order chi connectivity index (χ0) is 14.1. The van der Waals surface area contributed by atoms with E-state index in [0.717, 1.165) is 22.0 Å². The van der Waals surface area contributed by atoms with E-state index in [2.05, 4.69) is 57.4 Å². The van der Waals surface area contributed by atoms with Crippen molar-refractivity contribution < 1.29 is 0 Å². The molecule has 1 atom stereocenters. The second-order valence-electron chi connectivity index (χ2n) is 5.08. The number of aryl methyl sites for hydroxylation is 1. The quantitative estimate of drug-likeness (QED) is 0.798. The van der Waals surface area contributed by atoms with E-state index < -0.39 is 0 Å². The van der Waals surface area contributed by atoms with Gasteiger partial charge in [0.2, 0.25) is 0 Å². The highest BCUT2D eigenvalue weighted by Gasteiger charge is 2.09. The first-order valence-electron chi connectivity index (χ1n) is 6.54. The summed E-state index contributed by atoms with van der Waals surface area (Å²) in [6.07, 6.45) is 4.69. The van der Waals surface area contributed by atoms with Crippen molar-refractivity contribution in [1.29, 1.82) is 0 Å². The lowest BCUT2D eigenvalue weighted by Gasteiger charge is -2.12. The summed E-state index contributed by atoms with van der Waals surface area (Å²) in [7, 11) is 1.92. The van der Waals surface area contributed by atoms with Gasteiger partial charge in [-0.3, -0.25) is 4.68 Å². The van der Waals surface area contributed by atoms with Gasteiger partial charge in [-0.05, 0) is 46.5 Å². The van der Waals surface area contributed by atoms with Crippen molar-refractivity contribution in [3.8, 4) is 0 Å². The van der Waals surface area contributed by atoms with Gasteiger partial charge in [-0.2, -0.15) is 5.10 Å². The number of nitrogens with zero attached hydrogens (tertiary/aromatic N) is 2. The first kappa shape index (κ1) is 13.3. The summed E-state index contributed by atoms with van der Waals surface area (Å²) in [6.45, 7) is 0. The van der Waals surface area contributed by atoms with Gasteiger partial charge in [-0.1, -0.05) is 34.1 Å². The summed E-state index contributed by atoms with van der Waals surface area (Å²) in [6, 6.07) is 12.7. The average molecular weight is 330 g/mol. The van der Waals surface area contributed by atoms with Gasteiger partial charge in [-0.15, -0.1) is 0 Å². The fourth-order valence-corrected chi connectivity index (χ4v) is 2.79. The van der Waals surface area contributed by atoms with Crippen molar-refractivity contribution in [3.05, 3.63) is 64.4 Å². The maximum atomic E-state index is 6.31. The monoisotopic (exact) mass is 329 g/mol. The molecule has 0 fully saturated rings. The molecule has 0 amide bonds. The molecule has 20 heavy (non-hydrogen) atoms. The highest BCUT2D eigenvalue weighted by molar-refractivity contribution is 9.10. The molecule has 3 nitrogen and oxygen atoms in total. The van der Waals surface area contributed by atoms with Crippen LogP contribution in [0.25, 0.3) is 10.8 Å². The third kappa shape index (κ3) is 2.76. The molecule has 102 valence electrons. The van der Waals surface area contributed by atoms with Gasteiger partial charge in [0.05, 0.1) is 6.20 Å². The fourth-order valence-electron chi connectivity index (χ4n) is 2.41. The van der Waals surface area contributed by atoms with Crippen LogP contribution < -0.4 is 5.73 Å². The Labute approximate surface area is 126 Å². The van der Waals surface area contributed by atoms with Gasteiger partial charge in [0, 0.05) is 23.8 Å². The molecule has 0 aliphatic carbocycles. The van der Waals surface area contributed by atoms with E-state index in [9.17, 15) is 0 Å². The number of fused-ring (bicyclic) bond motifs is 1. The lowest BCUT2D eigenvalue weighted by atomic mass is 9.98. The molecule has 0 bridgehead atoms. The minimum atomic E-state index is -0.00718. The molecule has 1 aromatic heterocycles. The minimum absolute atomic E-state index is 0.00718. The molecule has 3 aromatic rings. The van der Waals surface area contributed by atoms with Gasteiger partial charge >= 0.3 is 0 Å². The van der Waals surface area contributed by atoms with Crippen molar-refractivity contribution in [1.82, 2.24) is 9.78 Å². The van der Waals surface area contributed by atoms with Crippen molar-refractivity contribution in [3.63, 3.8) is 0 Å². The Balaban J connectivity index is 1.87. The molecule has 3 rings (SSSR count). The van der Waals surface area contributed by atoms with Crippen molar-refractivity contribution in [2.24, 2.45) is 12.8 Å². The van der Waals surface area contributed by atoms with Crippen LogP contribution in [0.15, 0.2) is 53.3 Å². The molecule has 0 spiro atoms. The normalized spacial score (nSPS) is 12.8. The third-order valence-corrected chi connectivity index (χ3v) is 3.96. The SMILES string of the molecule is Cn1cc(CC(N)c2ccc3cc(Br)ccc3c2)cn1. The number of halogens is 1. The van der Waals surface area contributed by atoms with Crippen LogP contribution in [0.1, 0.15) is 17.2 Å². The largest absolute Gasteiger partial charge is 0.324 e. The Hall–Kier alpha value is -1.65. The first-order chi connectivity index (χ1) is 9.61. The Morgan fingerprint density at radius 3 is 2.70 bits per heavy atom. The standard InChI is InChI=1S/C16H16BrN3/c1-20-10-11(9-19-20)6-16(18)14-3-2-13-8-15(17)5-4-12(13)7-14/h2-5,7-10,16H,6,18H2,1H3. The molecule has 0 aliphatic heterocycles. The predicted molar refractivity (Wildman–Crippen MR) is 85.5 cm³/mol. The molecular formula is C16H16BrN3. The summed E-state index contributed by atoms with van der Waals surface area (Å²) in [5.41, 5.74) is 8.63. The zero-order valence-electron chi connectivity index (χ0n) is 11.3. The van der Waals surface area contributed by atoms with E-state index in [1.165, 1.54) is 10.8 Å². The van der Waals surface area contributed by atoms with Gasteiger partial charge in [-0.25, -0.2) is 0 Å². The van der Waals surface area contributed by atoms with Crippen LogP contribution in [-0.4, -0.2) is 9.78 Å². The van der Waals surface area contributed by atoms with Gasteiger partial charge in [0.25, 0.3) is 0 Å².